The van der Waals surface area contributed by atoms with Gasteiger partial charge in [0.25, 0.3) is 5.91 Å². The molecular weight excluding hydrogens is 348 g/mol. The quantitative estimate of drug-likeness (QED) is 0.706. The minimum absolute atomic E-state index is 0.0402. The summed E-state index contributed by atoms with van der Waals surface area (Å²) in [6.07, 6.45) is 8.16. The topological polar surface area (TPSA) is 48.8 Å². The van der Waals surface area contributed by atoms with Gasteiger partial charge in [0.2, 0.25) is 0 Å². The van der Waals surface area contributed by atoms with E-state index in [0.717, 1.165) is 30.9 Å². The predicted octanol–water partition coefficient (Wildman–Crippen LogP) is 4.74. The molecule has 0 N–H and O–H groups in total. The lowest BCUT2D eigenvalue weighted by Gasteiger charge is -2.23. The Morgan fingerprint density at radius 3 is 2.57 bits per heavy atom. The van der Waals surface area contributed by atoms with Crippen LogP contribution in [0, 0.1) is 0 Å². The van der Waals surface area contributed by atoms with Gasteiger partial charge in [-0.15, -0.1) is 0 Å². The van der Waals surface area contributed by atoms with Crippen molar-refractivity contribution in [1.82, 2.24) is 4.98 Å². The van der Waals surface area contributed by atoms with Gasteiger partial charge in [-0.2, -0.15) is 0 Å². The number of aromatic nitrogens is 1. The number of benzene rings is 1. The van der Waals surface area contributed by atoms with Crippen molar-refractivity contribution < 1.29 is 4.79 Å². The second-order valence-corrected chi connectivity index (χ2v) is 6.25. The van der Waals surface area contributed by atoms with Crippen LogP contribution in [0.5, 0.6) is 0 Å². The molecule has 0 saturated carbocycles. The van der Waals surface area contributed by atoms with Gasteiger partial charge in [0.1, 0.15) is 0 Å². The van der Waals surface area contributed by atoms with Crippen molar-refractivity contribution in [2.24, 2.45) is 4.99 Å². The van der Waals surface area contributed by atoms with E-state index in [2.05, 4.69) is 27.0 Å². The Morgan fingerprint density at radius 2 is 1.93 bits per heavy atom. The summed E-state index contributed by atoms with van der Waals surface area (Å²) in [5.41, 5.74) is 5.07. The van der Waals surface area contributed by atoms with Gasteiger partial charge in [0.05, 0.1) is 12.2 Å². The highest BCUT2D eigenvalue weighted by molar-refractivity contribution is 6.05. The highest BCUT2D eigenvalue weighted by Gasteiger charge is 2.22. The highest BCUT2D eigenvalue weighted by Crippen LogP contribution is 2.32. The molecule has 148 valence electrons. The van der Waals surface area contributed by atoms with E-state index in [-0.39, 0.29) is 5.91 Å². The van der Waals surface area contributed by atoms with Gasteiger partial charge in [-0.25, -0.2) is 0 Å². The van der Waals surface area contributed by atoms with E-state index in [9.17, 15) is 4.79 Å². The summed E-state index contributed by atoms with van der Waals surface area (Å²) >= 11 is 0. The first-order chi connectivity index (χ1) is 13.6. The van der Waals surface area contributed by atoms with E-state index in [1.807, 2.05) is 53.1 Å². The Balaban J connectivity index is 0.00000136. The Bertz CT molecular complexity index is 843. The number of aliphatic imine (C=N–C) groups is 1. The zero-order valence-electron chi connectivity index (χ0n) is 17.5. The van der Waals surface area contributed by atoms with Crippen LogP contribution in [0.25, 0.3) is 0 Å². The molecule has 0 spiro atoms. The number of anilines is 2. The van der Waals surface area contributed by atoms with Gasteiger partial charge in [0, 0.05) is 49.1 Å². The Morgan fingerprint density at radius 1 is 1.21 bits per heavy atom. The second-order valence-electron chi connectivity index (χ2n) is 6.25. The number of rotatable bonds is 5. The number of carbonyl (C=O) groups is 1. The molecule has 1 aliphatic rings. The van der Waals surface area contributed by atoms with E-state index >= 15 is 0 Å². The van der Waals surface area contributed by atoms with Crippen LogP contribution in [0.2, 0.25) is 0 Å². The molecule has 1 aromatic carbocycles. The Hall–Kier alpha value is -2.95. The average molecular weight is 379 g/mol. The molecule has 0 fully saturated rings. The fourth-order valence-corrected chi connectivity index (χ4v) is 3.18. The molecule has 0 saturated heterocycles. The molecule has 0 aliphatic carbocycles. The number of amides is 1. The Kier molecular flexibility index (Phi) is 7.93. The van der Waals surface area contributed by atoms with Crippen molar-refractivity contribution in [2.75, 3.05) is 29.9 Å². The highest BCUT2D eigenvalue weighted by atomic mass is 16.2. The number of hydrogen-bond donors (Lipinski definition) is 0. The monoisotopic (exact) mass is 378 g/mol. The SMILES string of the molecule is CC.CC=N/C(=C\C)CN1CCc2ccc(N(C)C(=O)c3ccncc3)cc21. The maximum atomic E-state index is 12.7. The summed E-state index contributed by atoms with van der Waals surface area (Å²) in [5.74, 6) is -0.0402. The lowest BCUT2D eigenvalue weighted by molar-refractivity contribution is 0.0993. The molecule has 28 heavy (non-hydrogen) atoms. The number of fused-ring (bicyclic) bond motifs is 1. The summed E-state index contributed by atoms with van der Waals surface area (Å²) < 4.78 is 0. The van der Waals surface area contributed by atoms with Crippen molar-refractivity contribution >= 4 is 23.5 Å². The first-order valence-electron chi connectivity index (χ1n) is 9.84. The zero-order chi connectivity index (χ0) is 20.5. The minimum atomic E-state index is -0.0402. The molecule has 5 heteroatoms. The van der Waals surface area contributed by atoms with E-state index in [1.54, 1.807) is 29.4 Å². The summed E-state index contributed by atoms with van der Waals surface area (Å²) in [5, 5.41) is 0. The molecule has 0 unspecified atom stereocenters. The number of nitrogens with zero attached hydrogens (tertiary/aromatic N) is 4. The molecular formula is C23H30N4O. The summed E-state index contributed by atoms with van der Waals surface area (Å²) in [7, 11) is 1.81. The fraction of sp³-hybridized carbons (Fsp3) is 0.348. The van der Waals surface area contributed by atoms with Crippen LogP contribution in [0.1, 0.15) is 43.6 Å². The molecule has 1 aliphatic heterocycles. The van der Waals surface area contributed by atoms with Crippen molar-refractivity contribution in [1.29, 1.82) is 0 Å². The predicted molar refractivity (Wildman–Crippen MR) is 119 cm³/mol. The number of allylic oxidation sites excluding steroid dienone is 1. The summed E-state index contributed by atoms with van der Waals surface area (Å²) in [6.45, 7) is 9.69. The van der Waals surface area contributed by atoms with Gasteiger partial charge in [0.15, 0.2) is 0 Å². The van der Waals surface area contributed by atoms with Gasteiger partial charge in [-0.05, 0) is 50.1 Å². The number of hydrogen-bond acceptors (Lipinski definition) is 4. The van der Waals surface area contributed by atoms with Gasteiger partial charge >= 0.3 is 0 Å². The van der Waals surface area contributed by atoms with Gasteiger partial charge in [-0.3, -0.25) is 14.8 Å². The van der Waals surface area contributed by atoms with E-state index in [0.29, 0.717) is 5.56 Å². The molecule has 0 bridgehead atoms. The molecule has 5 nitrogen and oxygen atoms in total. The first kappa shape index (κ1) is 21.4. The third kappa shape index (κ3) is 4.85. The summed E-state index contributed by atoms with van der Waals surface area (Å²) in [4.78, 5) is 25.1. The first-order valence-corrected chi connectivity index (χ1v) is 9.84. The molecule has 3 rings (SSSR count). The average Bonchev–Trinajstić information content (AvgIpc) is 3.16. The van der Waals surface area contributed by atoms with E-state index in [1.165, 1.54) is 11.3 Å². The molecule has 2 heterocycles. The number of pyridine rings is 1. The second kappa shape index (κ2) is 10.4. The van der Waals surface area contributed by atoms with Crippen molar-refractivity contribution in [3.63, 3.8) is 0 Å². The van der Waals surface area contributed by atoms with Crippen LogP contribution in [-0.2, 0) is 6.42 Å². The fourth-order valence-electron chi connectivity index (χ4n) is 3.18. The van der Waals surface area contributed by atoms with Gasteiger partial charge in [-0.1, -0.05) is 26.0 Å². The van der Waals surface area contributed by atoms with Crippen LogP contribution >= 0.6 is 0 Å². The standard InChI is InChI=1S/C21H24N4O.C2H6/c1-4-18(23-5-2)15-25-13-10-16-6-7-19(14-20(16)25)24(3)21(26)17-8-11-22-12-9-17;1-2/h4-9,11-12,14H,10,13,15H2,1-3H3;1-2H3/b18-4-,23-5?;. The molecule has 0 atom stereocenters. The molecule has 2 aromatic rings. The van der Waals surface area contributed by atoms with Crippen LogP contribution in [0.3, 0.4) is 0 Å². The van der Waals surface area contributed by atoms with Crippen LogP contribution in [0.4, 0.5) is 11.4 Å². The van der Waals surface area contributed by atoms with Crippen molar-refractivity contribution in [2.45, 2.75) is 34.1 Å². The normalized spacial score (nSPS) is 13.2. The van der Waals surface area contributed by atoms with Crippen LogP contribution in [0.15, 0.2) is 59.5 Å². The Labute approximate surface area is 168 Å². The smallest absolute Gasteiger partial charge is 0.258 e. The van der Waals surface area contributed by atoms with E-state index in [4.69, 9.17) is 0 Å². The zero-order valence-corrected chi connectivity index (χ0v) is 17.5. The molecule has 0 radical (unpaired) electrons. The number of carbonyl (C=O) groups excluding carboxylic acids is 1. The molecule has 1 aromatic heterocycles. The molecule has 1 amide bonds. The van der Waals surface area contributed by atoms with Gasteiger partial charge < -0.3 is 9.80 Å². The third-order valence-electron chi connectivity index (χ3n) is 4.66. The van der Waals surface area contributed by atoms with Crippen LogP contribution in [-0.4, -0.2) is 37.2 Å². The minimum Gasteiger partial charge on any atom is -0.365 e. The van der Waals surface area contributed by atoms with Crippen molar-refractivity contribution in [3.8, 4) is 0 Å². The lowest BCUT2D eigenvalue weighted by Crippen LogP contribution is -2.27. The lowest BCUT2D eigenvalue weighted by atomic mass is 10.1. The summed E-state index contributed by atoms with van der Waals surface area (Å²) in [6, 6.07) is 9.71. The largest absolute Gasteiger partial charge is 0.365 e. The van der Waals surface area contributed by atoms with Crippen molar-refractivity contribution in [3.05, 3.63) is 65.6 Å². The van der Waals surface area contributed by atoms with E-state index < -0.39 is 0 Å². The maximum Gasteiger partial charge on any atom is 0.258 e. The third-order valence-corrected chi connectivity index (χ3v) is 4.66. The maximum absolute atomic E-state index is 12.7. The van der Waals surface area contributed by atoms with Crippen LogP contribution < -0.4 is 9.80 Å².